The average molecular weight is 347 g/mol. The summed E-state index contributed by atoms with van der Waals surface area (Å²) in [4.78, 5) is 4.68. The number of pyridine rings is 1. The molecule has 0 spiro atoms. The summed E-state index contributed by atoms with van der Waals surface area (Å²) in [6.45, 7) is 4.32. The molecule has 1 heterocycles. The van der Waals surface area contributed by atoms with Gasteiger partial charge in [-0.15, -0.1) is 0 Å². The third-order valence-corrected chi connectivity index (χ3v) is 4.61. The predicted molar refractivity (Wildman–Crippen MR) is 108 cm³/mol. The summed E-state index contributed by atoms with van der Waals surface area (Å²) >= 11 is 0. The number of benzene rings is 2. The molecule has 3 rings (SSSR count). The van der Waals surface area contributed by atoms with E-state index in [1.807, 2.05) is 48.5 Å². The van der Waals surface area contributed by atoms with E-state index in [-0.39, 0.29) is 17.8 Å². The summed E-state index contributed by atoms with van der Waals surface area (Å²) in [5.41, 5.74) is 3.51. The van der Waals surface area contributed by atoms with Crippen molar-refractivity contribution in [1.82, 2.24) is 4.98 Å². The summed E-state index contributed by atoms with van der Waals surface area (Å²) in [5, 5.41) is 20.5. The summed E-state index contributed by atoms with van der Waals surface area (Å²) < 4.78 is 0. The molecule has 0 aliphatic carbocycles. The Hall–Kier alpha value is -2.65. The maximum Gasteiger partial charge on any atom is 0.127 e. The van der Waals surface area contributed by atoms with Crippen LogP contribution in [0.3, 0.4) is 0 Å². The molecule has 0 aliphatic rings. The normalized spacial score (nSPS) is 12.1. The van der Waals surface area contributed by atoms with Gasteiger partial charge in [0.15, 0.2) is 0 Å². The van der Waals surface area contributed by atoms with Crippen LogP contribution in [0.4, 0.5) is 0 Å². The van der Waals surface area contributed by atoms with E-state index < -0.39 is 0 Å². The number of fused-ring (bicyclic) bond motifs is 1. The Bertz CT molecular complexity index is 914. The minimum atomic E-state index is -0.0518. The lowest BCUT2D eigenvalue weighted by Crippen LogP contribution is -2.15. The van der Waals surface area contributed by atoms with Gasteiger partial charge >= 0.3 is 0 Å². The van der Waals surface area contributed by atoms with Crippen molar-refractivity contribution in [2.24, 2.45) is 5.41 Å². The van der Waals surface area contributed by atoms with Crippen LogP contribution in [0.2, 0.25) is 0 Å². The van der Waals surface area contributed by atoms with Crippen molar-refractivity contribution in [3.05, 3.63) is 66.2 Å². The highest BCUT2D eigenvalue weighted by atomic mass is 16.3. The van der Waals surface area contributed by atoms with Crippen molar-refractivity contribution in [1.29, 1.82) is 0 Å². The van der Waals surface area contributed by atoms with Crippen LogP contribution in [-0.2, 0) is 0 Å². The molecule has 0 saturated carbocycles. The van der Waals surface area contributed by atoms with Crippen molar-refractivity contribution in [3.8, 4) is 17.0 Å². The third-order valence-electron chi connectivity index (χ3n) is 4.61. The van der Waals surface area contributed by atoms with Crippen LogP contribution in [0.25, 0.3) is 28.2 Å². The Morgan fingerprint density at radius 2 is 1.81 bits per heavy atom. The van der Waals surface area contributed by atoms with Crippen molar-refractivity contribution in [3.63, 3.8) is 0 Å². The lowest BCUT2D eigenvalue weighted by molar-refractivity contribution is 0.151. The summed E-state index contributed by atoms with van der Waals surface area (Å²) in [6.07, 6.45) is 6.00. The largest absolute Gasteiger partial charge is 0.507 e. The summed E-state index contributed by atoms with van der Waals surface area (Å²) in [6, 6.07) is 17.5. The first kappa shape index (κ1) is 18.2. The number of aromatic nitrogens is 1. The van der Waals surface area contributed by atoms with Crippen LogP contribution in [0.5, 0.6) is 5.75 Å². The van der Waals surface area contributed by atoms with E-state index in [2.05, 4.69) is 31.0 Å². The van der Waals surface area contributed by atoms with Gasteiger partial charge in [-0.2, -0.15) is 0 Å². The van der Waals surface area contributed by atoms with Gasteiger partial charge in [-0.25, -0.2) is 4.98 Å². The molecule has 0 unspecified atom stereocenters. The smallest absolute Gasteiger partial charge is 0.127 e. The van der Waals surface area contributed by atoms with E-state index >= 15 is 0 Å². The third kappa shape index (κ3) is 4.30. The van der Waals surface area contributed by atoms with Crippen molar-refractivity contribution in [2.75, 3.05) is 6.61 Å². The number of hydrogen-bond acceptors (Lipinski definition) is 3. The predicted octanol–water partition coefficient (Wildman–Crippen LogP) is 5.42. The van der Waals surface area contributed by atoms with Crippen LogP contribution in [0.15, 0.2) is 60.7 Å². The molecule has 0 bridgehead atoms. The molecule has 0 radical (unpaired) electrons. The summed E-state index contributed by atoms with van der Waals surface area (Å²) in [5.74, 6) is 0.241. The zero-order valence-corrected chi connectivity index (χ0v) is 15.3. The van der Waals surface area contributed by atoms with E-state index in [0.717, 1.165) is 40.6 Å². The van der Waals surface area contributed by atoms with E-state index in [9.17, 15) is 10.2 Å². The lowest BCUT2D eigenvalue weighted by atomic mass is 9.89. The molecule has 0 atom stereocenters. The van der Waals surface area contributed by atoms with E-state index in [4.69, 9.17) is 0 Å². The van der Waals surface area contributed by atoms with Crippen molar-refractivity contribution in [2.45, 2.75) is 26.7 Å². The Kier molecular flexibility index (Phi) is 5.38. The van der Waals surface area contributed by atoms with Crippen LogP contribution < -0.4 is 0 Å². The lowest BCUT2D eigenvalue weighted by Gasteiger charge is -2.19. The van der Waals surface area contributed by atoms with Crippen molar-refractivity contribution < 1.29 is 10.2 Å². The minimum absolute atomic E-state index is 0.0518. The second-order valence-corrected chi connectivity index (χ2v) is 7.43. The number of nitrogens with zero attached hydrogens (tertiary/aromatic N) is 1. The Labute approximate surface area is 154 Å². The summed E-state index contributed by atoms with van der Waals surface area (Å²) in [7, 11) is 0. The van der Waals surface area contributed by atoms with Gasteiger partial charge in [0.05, 0.1) is 11.2 Å². The number of allylic oxidation sites excluding steroid dienone is 1. The van der Waals surface area contributed by atoms with Gasteiger partial charge in [0, 0.05) is 23.6 Å². The van der Waals surface area contributed by atoms with Crippen LogP contribution in [-0.4, -0.2) is 21.8 Å². The standard InChI is InChI=1S/C23H25NO2/c1-23(2,16-25)13-7-6-8-17-11-12-20-19(14-17)22(26)15-21(24-20)18-9-4-3-5-10-18/h3-6,8-12,14-15,25H,7,13,16H2,1-2H3,(H,24,26)/b8-6+. The quantitative estimate of drug-likeness (QED) is 0.626. The van der Waals surface area contributed by atoms with Gasteiger partial charge in [-0.05, 0) is 36.0 Å². The Morgan fingerprint density at radius 1 is 1.04 bits per heavy atom. The number of rotatable bonds is 6. The second-order valence-electron chi connectivity index (χ2n) is 7.43. The fourth-order valence-corrected chi connectivity index (χ4v) is 2.86. The molecule has 3 nitrogen and oxygen atoms in total. The molecule has 0 saturated heterocycles. The molecule has 0 amide bonds. The Balaban J connectivity index is 1.82. The average Bonchev–Trinajstić information content (AvgIpc) is 2.66. The zero-order valence-electron chi connectivity index (χ0n) is 15.3. The van der Waals surface area contributed by atoms with Gasteiger partial charge in [0.1, 0.15) is 5.75 Å². The maximum absolute atomic E-state index is 10.5. The topological polar surface area (TPSA) is 53.4 Å². The number of hydrogen-bond donors (Lipinski definition) is 2. The van der Waals surface area contributed by atoms with Crippen molar-refractivity contribution >= 4 is 17.0 Å². The molecule has 3 heteroatoms. The number of aliphatic hydroxyl groups is 1. The highest BCUT2D eigenvalue weighted by molar-refractivity contribution is 5.89. The molecule has 1 aromatic heterocycles. The van der Waals surface area contributed by atoms with Gasteiger partial charge in [-0.1, -0.05) is 62.4 Å². The first-order chi connectivity index (χ1) is 12.5. The maximum atomic E-state index is 10.5. The van der Waals surface area contributed by atoms with E-state index in [0.29, 0.717) is 0 Å². The van der Waals surface area contributed by atoms with Crippen LogP contribution in [0, 0.1) is 5.41 Å². The van der Waals surface area contributed by atoms with Gasteiger partial charge < -0.3 is 10.2 Å². The van der Waals surface area contributed by atoms with Crippen LogP contribution >= 0.6 is 0 Å². The second kappa shape index (κ2) is 7.71. The molecule has 26 heavy (non-hydrogen) atoms. The fourth-order valence-electron chi connectivity index (χ4n) is 2.86. The first-order valence-electron chi connectivity index (χ1n) is 8.95. The SMILES string of the molecule is CC(C)(CO)CC/C=C/c1ccc2nc(-c3ccccc3)cc(O)c2c1. The Morgan fingerprint density at radius 3 is 2.54 bits per heavy atom. The van der Waals surface area contributed by atoms with Gasteiger partial charge in [0.2, 0.25) is 0 Å². The molecule has 2 N–H and O–H groups in total. The number of aliphatic hydroxyl groups excluding tert-OH is 1. The molecule has 134 valence electrons. The van der Waals surface area contributed by atoms with E-state index in [1.165, 1.54) is 0 Å². The fraction of sp³-hybridized carbons (Fsp3) is 0.261. The molecular formula is C23H25NO2. The van der Waals surface area contributed by atoms with E-state index in [1.54, 1.807) is 6.07 Å². The molecule has 2 aromatic carbocycles. The first-order valence-corrected chi connectivity index (χ1v) is 8.95. The highest BCUT2D eigenvalue weighted by Gasteiger charge is 2.14. The highest BCUT2D eigenvalue weighted by Crippen LogP contribution is 2.30. The monoisotopic (exact) mass is 347 g/mol. The minimum Gasteiger partial charge on any atom is -0.507 e. The molecule has 3 aromatic rings. The molecule has 0 aliphatic heterocycles. The molecular weight excluding hydrogens is 322 g/mol. The van der Waals surface area contributed by atoms with Gasteiger partial charge in [-0.3, -0.25) is 0 Å². The zero-order chi connectivity index (χ0) is 18.6. The van der Waals surface area contributed by atoms with Gasteiger partial charge in [0.25, 0.3) is 0 Å². The molecule has 0 fully saturated rings. The van der Waals surface area contributed by atoms with Crippen LogP contribution in [0.1, 0.15) is 32.3 Å². The number of aromatic hydroxyl groups is 1.